The van der Waals surface area contributed by atoms with Crippen molar-refractivity contribution in [1.29, 1.82) is 0 Å². The molecule has 0 atom stereocenters. The van der Waals surface area contributed by atoms with Gasteiger partial charge in [-0.25, -0.2) is 0 Å². The maximum atomic E-state index is 5.88. The Morgan fingerprint density at radius 3 is 2.26 bits per heavy atom. The molecule has 1 aliphatic carbocycles. The standard InChI is InChI=1S/C24H27O3/c1-3-25-24(26-4-2)22-12-8-11-21(17-22)20-13-15-23(16-14-20)27-18-19-9-6-5-7-10-19/h5-7,9-17,24H,3-4,8,18H2,1-2H3. The number of hydrogen-bond donors (Lipinski definition) is 0. The summed E-state index contributed by atoms with van der Waals surface area (Å²) in [6, 6.07) is 18.4. The van der Waals surface area contributed by atoms with E-state index in [1.54, 1.807) is 0 Å². The molecule has 0 saturated heterocycles. The summed E-state index contributed by atoms with van der Waals surface area (Å²) in [5.41, 5.74) is 4.60. The number of rotatable bonds is 9. The molecule has 27 heavy (non-hydrogen) atoms. The fraction of sp³-hybridized carbons (Fsp3) is 0.292. The molecule has 0 amide bonds. The Balaban J connectivity index is 1.66. The lowest BCUT2D eigenvalue weighted by atomic mass is 9.93. The molecule has 141 valence electrons. The van der Waals surface area contributed by atoms with Crippen molar-refractivity contribution in [2.75, 3.05) is 13.2 Å². The van der Waals surface area contributed by atoms with E-state index in [1.165, 1.54) is 11.1 Å². The highest BCUT2D eigenvalue weighted by atomic mass is 16.7. The highest BCUT2D eigenvalue weighted by molar-refractivity contribution is 5.76. The van der Waals surface area contributed by atoms with Crippen molar-refractivity contribution in [2.24, 2.45) is 0 Å². The molecule has 0 unspecified atom stereocenters. The summed E-state index contributed by atoms with van der Waals surface area (Å²) in [6.07, 6.45) is 7.12. The van der Waals surface area contributed by atoms with Gasteiger partial charge in [0.15, 0.2) is 6.29 Å². The molecule has 1 aliphatic rings. The van der Waals surface area contributed by atoms with Gasteiger partial charge < -0.3 is 14.2 Å². The molecule has 0 aliphatic heterocycles. The Morgan fingerprint density at radius 2 is 1.59 bits per heavy atom. The molecule has 0 heterocycles. The van der Waals surface area contributed by atoms with Crippen LogP contribution in [0, 0.1) is 6.42 Å². The first kappa shape index (κ1) is 19.4. The smallest absolute Gasteiger partial charge is 0.183 e. The molecule has 2 aromatic rings. The topological polar surface area (TPSA) is 27.7 Å². The van der Waals surface area contributed by atoms with Crippen molar-refractivity contribution in [3.63, 3.8) is 0 Å². The Kier molecular flexibility index (Phi) is 7.26. The quantitative estimate of drug-likeness (QED) is 0.544. The predicted octanol–water partition coefficient (Wildman–Crippen LogP) is 5.58. The van der Waals surface area contributed by atoms with Gasteiger partial charge in [0.25, 0.3) is 0 Å². The normalized spacial score (nSPS) is 14.0. The van der Waals surface area contributed by atoms with Gasteiger partial charge in [0, 0.05) is 18.8 Å². The van der Waals surface area contributed by atoms with Crippen molar-refractivity contribution in [1.82, 2.24) is 0 Å². The maximum Gasteiger partial charge on any atom is 0.183 e. The first-order valence-corrected chi connectivity index (χ1v) is 9.55. The molecule has 3 rings (SSSR count). The molecular weight excluding hydrogens is 336 g/mol. The van der Waals surface area contributed by atoms with Gasteiger partial charge in [-0.1, -0.05) is 54.6 Å². The molecule has 0 N–H and O–H groups in total. The van der Waals surface area contributed by atoms with Crippen molar-refractivity contribution >= 4 is 5.57 Å². The summed E-state index contributed by atoms with van der Waals surface area (Å²) in [4.78, 5) is 0. The minimum absolute atomic E-state index is 0.294. The van der Waals surface area contributed by atoms with E-state index in [0.717, 1.165) is 23.3 Å². The minimum atomic E-state index is -0.294. The van der Waals surface area contributed by atoms with Crippen LogP contribution in [0.15, 0.2) is 72.3 Å². The van der Waals surface area contributed by atoms with Crippen LogP contribution >= 0.6 is 0 Å². The molecule has 0 fully saturated rings. The molecule has 0 saturated carbocycles. The number of ether oxygens (including phenoxy) is 3. The zero-order valence-corrected chi connectivity index (χ0v) is 16.1. The van der Waals surface area contributed by atoms with Crippen molar-refractivity contribution < 1.29 is 14.2 Å². The molecule has 1 radical (unpaired) electrons. The summed E-state index contributed by atoms with van der Waals surface area (Å²) < 4.78 is 17.3. The van der Waals surface area contributed by atoms with E-state index in [1.807, 2.05) is 44.2 Å². The highest BCUT2D eigenvalue weighted by Gasteiger charge is 2.17. The van der Waals surface area contributed by atoms with Crippen molar-refractivity contribution in [2.45, 2.75) is 33.2 Å². The van der Waals surface area contributed by atoms with Crippen LogP contribution in [0.2, 0.25) is 0 Å². The molecule has 0 spiro atoms. The van der Waals surface area contributed by atoms with Crippen LogP contribution in [0.5, 0.6) is 5.75 Å². The van der Waals surface area contributed by atoms with Crippen LogP contribution in [0.25, 0.3) is 5.57 Å². The molecule has 3 heteroatoms. The van der Waals surface area contributed by atoms with Gasteiger partial charge in [-0.05, 0) is 55.5 Å². The SMILES string of the molecule is CCOC(OCC)C1=CC[CH]C(c2ccc(OCc3ccccc3)cc2)=C1. The van der Waals surface area contributed by atoms with Gasteiger partial charge in [0.1, 0.15) is 12.4 Å². The van der Waals surface area contributed by atoms with E-state index in [9.17, 15) is 0 Å². The van der Waals surface area contributed by atoms with Crippen molar-refractivity contribution in [3.8, 4) is 5.75 Å². The van der Waals surface area contributed by atoms with Crippen LogP contribution < -0.4 is 4.74 Å². The van der Waals surface area contributed by atoms with Crippen LogP contribution in [-0.2, 0) is 16.1 Å². The van der Waals surface area contributed by atoms with Gasteiger partial charge in [0.2, 0.25) is 0 Å². The average molecular weight is 363 g/mol. The molecule has 0 aromatic heterocycles. The Morgan fingerprint density at radius 1 is 0.889 bits per heavy atom. The predicted molar refractivity (Wildman–Crippen MR) is 109 cm³/mol. The van der Waals surface area contributed by atoms with E-state index in [4.69, 9.17) is 14.2 Å². The minimum Gasteiger partial charge on any atom is -0.489 e. The van der Waals surface area contributed by atoms with Gasteiger partial charge in [-0.3, -0.25) is 0 Å². The fourth-order valence-corrected chi connectivity index (χ4v) is 3.01. The van der Waals surface area contributed by atoms with Crippen LogP contribution in [0.3, 0.4) is 0 Å². The highest BCUT2D eigenvalue weighted by Crippen LogP contribution is 2.29. The van der Waals surface area contributed by atoms with E-state index < -0.39 is 0 Å². The van der Waals surface area contributed by atoms with Crippen molar-refractivity contribution in [3.05, 3.63) is 89.9 Å². The number of hydrogen-bond acceptors (Lipinski definition) is 3. The third kappa shape index (κ3) is 5.56. The Hall–Kier alpha value is -2.36. The van der Waals surface area contributed by atoms with E-state index in [2.05, 4.69) is 42.8 Å². The first-order valence-electron chi connectivity index (χ1n) is 9.55. The number of benzene rings is 2. The zero-order valence-electron chi connectivity index (χ0n) is 16.1. The fourth-order valence-electron chi connectivity index (χ4n) is 3.01. The van der Waals surface area contributed by atoms with E-state index >= 15 is 0 Å². The van der Waals surface area contributed by atoms with Gasteiger partial charge >= 0.3 is 0 Å². The maximum absolute atomic E-state index is 5.88. The van der Waals surface area contributed by atoms with Gasteiger partial charge in [0.05, 0.1) is 0 Å². The average Bonchev–Trinajstić information content (AvgIpc) is 2.73. The molecular formula is C24H27O3. The second-order valence-corrected chi connectivity index (χ2v) is 6.28. The lowest BCUT2D eigenvalue weighted by molar-refractivity contribution is -0.109. The molecule has 2 aromatic carbocycles. The van der Waals surface area contributed by atoms with Crippen LogP contribution in [0.4, 0.5) is 0 Å². The lowest BCUT2D eigenvalue weighted by Crippen LogP contribution is -2.20. The second-order valence-electron chi connectivity index (χ2n) is 6.28. The largest absolute Gasteiger partial charge is 0.489 e. The lowest BCUT2D eigenvalue weighted by Gasteiger charge is -2.22. The van der Waals surface area contributed by atoms with Crippen LogP contribution in [0.1, 0.15) is 31.4 Å². The second kappa shape index (κ2) is 10.1. The third-order valence-electron chi connectivity index (χ3n) is 4.36. The summed E-state index contributed by atoms with van der Waals surface area (Å²) >= 11 is 0. The van der Waals surface area contributed by atoms with E-state index in [0.29, 0.717) is 19.8 Å². The van der Waals surface area contributed by atoms with Gasteiger partial charge in [-0.15, -0.1) is 0 Å². The first-order chi connectivity index (χ1) is 13.3. The molecule has 3 nitrogen and oxygen atoms in total. The molecule has 0 bridgehead atoms. The zero-order chi connectivity index (χ0) is 18.9. The summed E-state index contributed by atoms with van der Waals surface area (Å²) in [6.45, 7) is 5.80. The van der Waals surface area contributed by atoms with Crippen LogP contribution in [-0.4, -0.2) is 19.5 Å². The Bertz CT molecular complexity index is 754. The Labute approximate surface area is 162 Å². The monoisotopic (exact) mass is 363 g/mol. The number of allylic oxidation sites excluding steroid dienone is 2. The third-order valence-corrected chi connectivity index (χ3v) is 4.36. The van der Waals surface area contributed by atoms with Gasteiger partial charge in [-0.2, -0.15) is 0 Å². The summed E-state index contributed by atoms with van der Waals surface area (Å²) in [7, 11) is 0. The summed E-state index contributed by atoms with van der Waals surface area (Å²) in [5.74, 6) is 0.872. The van der Waals surface area contributed by atoms with E-state index in [-0.39, 0.29) is 6.29 Å². The summed E-state index contributed by atoms with van der Waals surface area (Å²) in [5, 5.41) is 0.